The van der Waals surface area contributed by atoms with Gasteiger partial charge >= 0.3 is 6.09 Å². The maximum Gasteiger partial charge on any atom is 0.410 e. The van der Waals surface area contributed by atoms with Gasteiger partial charge in [0.25, 0.3) is 0 Å². The molecule has 0 N–H and O–H groups in total. The molecule has 0 aliphatic carbocycles. The normalized spacial score (nSPS) is 20.6. The lowest BCUT2D eigenvalue weighted by molar-refractivity contribution is -0.127. The van der Waals surface area contributed by atoms with E-state index in [1.165, 1.54) is 0 Å². The lowest BCUT2D eigenvalue weighted by atomic mass is 9.98. The smallest absolute Gasteiger partial charge is 0.410 e. The number of hydrogen-bond donors (Lipinski definition) is 0. The number of amides is 1. The van der Waals surface area contributed by atoms with Gasteiger partial charge in [-0.1, -0.05) is 20.8 Å². The van der Waals surface area contributed by atoms with Gasteiger partial charge in [0.15, 0.2) is 8.32 Å². The fourth-order valence-electron chi connectivity index (χ4n) is 2.07. The lowest BCUT2D eigenvalue weighted by Gasteiger charge is -2.39. The Bertz CT molecular complexity index is 448. The molecule has 23 heavy (non-hydrogen) atoms. The van der Waals surface area contributed by atoms with Gasteiger partial charge in [-0.3, -0.25) is 4.79 Å². The van der Waals surface area contributed by atoms with Crippen LogP contribution in [0.25, 0.3) is 0 Å². The molecule has 0 aromatic carbocycles. The molecule has 5 nitrogen and oxygen atoms in total. The molecular weight excluding hydrogens is 310 g/mol. The molecular formula is C17H33NO4Si. The van der Waals surface area contributed by atoms with Crippen LogP contribution in [0.2, 0.25) is 18.1 Å². The number of hydrogen-bond acceptors (Lipinski definition) is 4. The second kappa shape index (κ2) is 6.93. The lowest BCUT2D eigenvalue weighted by Crippen LogP contribution is -2.49. The minimum atomic E-state index is -1.89. The van der Waals surface area contributed by atoms with Gasteiger partial charge in [0.2, 0.25) is 0 Å². The van der Waals surface area contributed by atoms with Gasteiger partial charge in [0.05, 0.1) is 5.92 Å². The fraction of sp³-hybridized carbons (Fsp3) is 0.882. The largest absolute Gasteiger partial charge is 0.444 e. The fourth-order valence-corrected chi connectivity index (χ4v) is 3.12. The van der Waals surface area contributed by atoms with Crippen LogP contribution in [0.1, 0.15) is 48.0 Å². The zero-order valence-electron chi connectivity index (χ0n) is 16.0. The quantitative estimate of drug-likeness (QED) is 0.731. The minimum absolute atomic E-state index is 0.107. The van der Waals surface area contributed by atoms with Crippen molar-refractivity contribution >= 4 is 20.2 Å². The predicted octanol–water partition coefficient (Wildman–Crippen LogP) is 3.83. The zero-order chi connectivity index (χ0) is 18.1. The Morgan fingerprint density at radius 2 is 1.78 bits per heavy atom. The van der Waals surface area contributed by atoms with Gasteiger partial charge in [-0.15, -0.1) is 0 Å². The molecule has 1 aliphatic heterocycles. The second-order valence-corrected chi connectivity index (χ2v) is 13.7. The molecule has 1 rings (SSSR count). The van der Waals surface area contributed by atoms with E-state index in [9.17, 15) is 9.59 Å². The molecule has 1 saturated heterocycles. The highest BCUT2D eigenvalue weighted by Gasteiger charge is 2.39. The molecule has 1 heterocycles. The van der Waals surface area contributed by atoms with Crippen LogP contribution in [-0.4, -0.2) is 50.4 Å². The summed E-state index contributed by atoms with van der Waals surface area (Å²) in [6.07, 6.45) is 0.0347. The average Bonchev–Trinajstić information content (AvgIpc) is 2.34. The minimum Gasteiger partial charge on any atom is -0.444 e. The Labute approximate surface area is 141 Å². The molecule has 6 heteroatoms. The Kier molecular flexibility index (Phi) is 6.07. The Balaban J connectivity index is 2.65. The first-order valence-corrected chi connectivity index (χ1v) is 11.3. The summed E-state index contributed by atoms with van der Waals surface area (Å²) in [5.74, 6) is -0.0612. The zero-order valence-corrected chi connectivity index (χ0v) is 17.0. The van der Waals surface area contributed by atoms with Gasteiger partial charge in [0, 0.05) is 26.1 Å². The molecule has 0 aromatic rings. The first kappa shape index (κ1) is 20.2. The molecule has 1 fully saturated rings. The van der Waals surface area contributed by atoms with E-state index in [1.54, 1.807) is 4.90 Å². The van der Waals surface area contributed by atoms with Crippen LogP contribution >= 0.6 is 0 Å². The van der Waals surface area contributed by atoms with Crippen molar-refractivity contribution in [3.8, 4) is 0 Å². The highest BCUT2D eigenvalue weighted by atomic mass is 28.4. The van der Waals surface area contributed by atoms with Crippen LogP contribution in [0.4, 0.5) is 4.79 Å². The van der Waals surface area contributed by atoms with E-state index in [1.807, 2.05) is 20.8 Å². The van der Waals surface area contributed by atoms with E-state index in [-0.39, 0.29) is 22.8 Å². The van der Waals surface area contributed by atoms with Gasteiger partial charge in [-0.25, -0.2) is 4.79 Å². The molecule has 134 valence electrons. The molecule has 0 spiro atoms. The van der Waals surface area contributed by atoms with Crippen molar-refractivity contribution in [1.29, 1.82) is 0 Å². The van der Waals surface area contributed by atoms with Gasteiger partial charge in [0.1, 0.15) is 11.4 Å². The van der Waals surface area contributed by atoms with Crippen LogP contribution in [0.3, 0.4) is 0 Å². The maximum absolute atomic E-state index is 12.2. The summed E-state index contributed by atoms with van der Waals surface area (Å²) in [7, 11) is -1.89. The number of ketones is 1. The third-order valence-electron chi connectivity index (χ3n) is 4.63. The topological polar surface area (TPSA) is 55.8 Å². The number of rotatable bonds is 3. The first-order chi connectivity index (χ1) is 10.2. The highest BCUT2D eigenvalue weighted by Crippen LogP contribution is 2.37. The Morgan fingerprint density at radius 3 is 2.26 bits per heavy atom. The van der Waals surface area contributed by atoms with E-state index >= 15 is 0 Å². The van der Waals surface area contributed by atoms with Gasteiger partial charge in [-0.05, 0) is 38.9 Å². The third-order valence-corrected chi connectivity index (χ3v) is 9.13. The molecule has 1 aliphatic rings. The Hall–Kier alpha value is -0.883. The summed E-state index contributed by atoms with van der Waals surface area (Å²) in [4.78, 5) is 26.0. The van der Waals surface area contributed by atoms with Crippen molar-refractivity contribution in [3.63, 3.8) is 0 Å². The standard InChI is InChI=1S/C17H33NO4Si/c1-16(2,3)22-15(20)18-10-9-14(19)13(11-18)12-21-23(7,8)17(4,5)6/h13H,9-12H2,1-8H3/t13-/m0/s1. The molecule has 0 saturated carbocycles. The first-order valence-electron chi connectivity index (χ1n) is 8.37. The number of likely N-dealkylation sites (tertiary alicyclic amines) is 1. The van der Waals surface area contributed by atoms with Crippen LogP contribution < -0.4 is 0 Å². The SMILES string of the molecule is CC(C)(C)OC(=O)N1CCC(=O)[C@H](CO[Si](C)(C)C(C)(C)C)C1. The van der Waals surface area contributed by atoms with Crippen LogP contribution in [0.15, 0.2) is 0 Å². The van der Waals surface area contributed by atoms with Crippen molar-refractivity contribution in [2.45, 2.75) is 71.7 Å². The molecule has 0 radical (unpaired) electrons. The molecule has 0 bridgehead atoms. The van der Waals surface area contributed by atoms with E-state index in [0.29, 0.717) is 26.1 Å². The van der Waals surface area contributed by atoms with E-state index in [4.69, 9.17) is 9.16 Å². The molecule has 1 amide bonds. The highest BCUT2D eigenvalue weighted by molar-refractivity contribution is 6.74. The maximum atomic E-state index is 12.2. The van der Waals surface area contributed by atoms with Gasteiger partial charge < -0.3 is 14.1 Å². The second-order valence-electron chi connectivity index (χ2n) is 8.91. The summed E-state index contributed by atoms with van der Waals surface area (Å²) in [6, 6.07) is 0. The summed E-state index contributed by atoms with van der Waals surface area (Å²) in [5, 5.41) is 0.107. The van der Waals surface area contributed by atoms with E-state index < -0.39 is 13.9 Å². The molecule has 1 atom stereocenters. The number of carbonyl (C=O) groups excluding carboxylic acids is 2. The average molecular weight is 344 g/mol. The van der Waals surface area contributed by atoms with Crippen molar-refractivity contribution in [2.24, 2.45) is 5.92 Å². The summed E-state index contributed by atoms with van der Waals surface area (Å²) < 4.78 is 11.6. The molecule has 0 unspecified atom stereocenters. The van der Waals surface area contributed by atoms with Crippen LogP contribution in [0.5, 0.6) is 0 Å². The summed E-state index contributed by atoms with van der Waals surface area (Å²) >= 11 is 0. The predicted molar refractivity (Wildman–Crippen MR) is 94.1 cm³/mol. The van der Waals surface area contributed by atoms with Crippen molar-refractivity contribution in [1.82, 2.24) is 4.90 Å². The van der Waals surface area contributed by atoms with Crippen molar-refractivity contribution in [3.05, 3.63) is 0 Å². The van der Waals surface area contributed by atoms with Crippen molar-refractivity contribution < 1.29 is 18.8 Å². The van der Waals surface area contributed by atoms with Crippen LogP contribution in [0, 0.1) is 5.92 Å². The number of ether oxygens (including phenoxy) is 1. The van der Waals surface area contributed by atoms with E-state index in [2.05, 4.69) is 33.9 Å². The summed E-state index contributed by atoms with van der Waals surface area (Å²) in [5.41, 5.74) is -0.522. The Morgan fingerprint density at radius 1 is 1.22 bits per heavy atom. The number of piperidine rings is 1. The number of nitrogens with zero attached hydrogens (tertiary/aromatic N) is 1. The monoisotopic (exact) mass is 343 g/mol. The molecule has 0 aromatic heterocycles. The van der Waals surface area contributed by atoms with E-state index in [0.717, 1.165) is 0 Å². The number of carbonyl (C=O) groups is 2. The summed E-state index contributed by atoms with van der Waals surface area (Å²) in [6.45, 7) is 17.6. The third kappa shape index (κ3) is 5.92. The van der Waals surface area contributed by atoms with Crippen molar-refractivity contribution in [2.75, 3.05) is 19.7 Å². The number of Topliss-reactive ketones (excluding diaryl/α,β-unsaturated/α-hetero) is 1. The van der Waals surface area contributed by atoms with Gasteiger partial charge in [-0.2, -0.15) is 0 Å². The van der Waals surface area contributed by atoms with Crippen LogP contribution in [-0.2, 0) is 14.0 Å².